The summed E-state index contributed by atoms with van der Waals surface area (Å²) in [4.78, 5) is 13.7. The number of likely N-dealkylation sites (N-methyl/N-ethyl adjacent to an activating group) is 1. The van der Waals surface area contributed by atoms with E-state index in [0.29, 0.717) is 23.6 Å². The standard InChI is InChI=1S/C14H14ClNO2/c1-16(9-8-13-3-2-10-18-13)14(17)11-4-6-12(15)7-5-11/h2-7,10H,8-9H2,1H3. The van der Waals surface area contributed by atoms with Gasteiger partial charge in [-0.3, -0.25) is 4.79 Å². The van der Waals surface area contributed by atoms with Gasteiger partial charge in [-0.2, -0.15) is 0 Å². The average Bonchev–Trinajstić information content (AvgIpc) is 2.89. The Labute approximate surface area is 111 Å². The van der Waals surface area contributed by atoms with E-state index in [9.17, 15) is 4.79 Å². The summed E-state index contributed by atoms with van der Waals surface area (Å²) in [5.41, 5.74) is 0.640. The number of furan rings is 1. The van der Waals surface area contributed by atoms with Crippen LogP contribution in [0.15, 0.2) is 47.1 Å². The zero-order chi connectivity index (χ0) is 13.0. The second-order valence-corrected chi connectivity index (χ2v) is 4.50. The molecule has 0 aliphatic heterocycles. The van der Waals surface area contributed by atoms with E-state index < -0.39 is 0 Å². The molecule has 1 aromatic heterocycles. The minimum Gasteiger partial charge on any atom is -0.469 e. The number of hydrogen-bond acceptors (Lipinski definition) is 2. The molecular formula is C14H14ClNO2. The summed E-state index contributed by atoms with van der Waals surface area (Å²) in [6.45, 7) is 0.620. The molecule has 1 heterocycles. The smallest absolute Gasteiger partial charge is 0.253 e. The van der Waals surface area contributed by atoms with Gasteiger partial charge in [0, 0.05) is 30.6 Å². The van der Waals surface area contributed by atoms with Crippen molar-refractivity contribution in [1.82, 2.24) is 4.90 Å². The van der Waals surface area contributed by atoms with Gasteiger partial charge in [0.1, 0.15) is 5.76 Å². The Morgan fingerprint density at radius 3 is 2.61 bits per heavy atom. The van der Waals surface area contributed by atoms with Crippen molar-refractivity contribution < 1.29 is 9.21 Å². The Kier molecular flexibility index (Phi) is 4.05. The third kappa shape index (κ3) is 3.14. The van der Waals surface area contributed by atoms with Gasteiger partial charge in [-0.05, 0) is 36.4 Å². The van der Waals surface area contributed by atoms with Crippen molar-refractivity contribution in [3.8, 4) is 0 Å². The van der Waals surface area contributed by atoms with Gasteiger partial charge in [-0.1, -0.05) is 11.6 Å². The molecule has 0 aliphatic rings. The van der Waals surface area contributed by atoms with Crippen LogP contribution < -0.4 is 0 Å². The summed E-state index contributed by atoms with van der Waals surface area (Å²) in [7, 11) is 1.78. The Bertz CT molecular complexity index is 505. The number of carbonyl (C=O) groups excluding carboxylic acids is 1. The van der Waals surface area contributed by atoms with Crippen LogP contribution in [0.25, 0.3) is 0 Å². The van der Waals surface area contributed by atoms with E-state index >= 15 is 0 Å². The SMILES string of the molecule is CN(CCc1ccco1)C(=O)c1ccc(Cl)cc1. The second-order valence-electron chi connectivity index (χ2n) is 4.06. The number of hydrogen-bond donors (Lipinski definition) is 0. The molecule has 0 unspecified atom stereocenters. The number of carbonyl (C=O) groups is 1. The molecule has 4 heteroatoms. The minimum atomic E-state index is -0.0155. The van der Waals surface area contributed by atoms with Gasteiger partial charge in [-0.25, -0.2) is 0 Å². The lowest BCUT2D eigenvalue weighted by atomic mass is 10.2. The van der Waals surface area contributed by atoms with Crippen LogP contribution in [-0.2, 0) is 6.42 Å². The van der Waals surface area contributed by atoms with E-state index in [1.807, 2.05) is 12.1 Å². The summed E-state index contributed by atoms with van der Waals surface area (Å²) in [6, 6.07) is 10.6. The molecule has 1 amide bonds. The molecule has 2 rings (SSSR count). The maximum absolute atomic E-state index is 12.1. The van der Waals surface area contributed by atoms with Crippen molar-refractivity contribution in [2.24, 2.45) is 0 Å². The van der Waals surface area contributed by atoms with E-state index in [1.54, 1.807) is 42.5 Å². The molecule has 0 radical (unpaired) electrons. The third-order valence-corrected chi connectivity index (χ3v) is 2.96. The fourth-order valence-corrected chi connectivity index (χ4v) is 1.77. The molecule has 2 aromatic rings. The number of benzene rings is 1. The van der Waals surface area contributed by atoms with E-state index in [0.717, 1.165) is 5.76 Å². The average molecular weight is 264 g/mol. The molecule has 0 N–H and O–H groups in total. The first-order valence-electron chi connectivity index (χ1n) is 5.70. The highest BCUT2D eigenvalue weighted by atomic mass is 35.5. The summed E-state index contributed by atoms with van der Waals surface area (Å²) < 4.78 is 5.23. The molecule has 0 saturated carbocycles. The topological polar surface area (TPSA) is 33.5 Å². The fraction of sp³-hybridized carbons (Fsp3) is 0.214. The predicted octanol–water partition coefficient (Wildman–Crippen LogP) is 3.25. The number of amides is 1. The Balaban J connectivity index is 1.94. The van der Waals surface area contributed by atoms with Crippen LogP contribution in [0.5, 0.6) is 0 Å². The number of nitrogens with zero attached hydrogens (tertiary/aromatic N) is 1. The highest BCUT2D eigenvalue weighted by Gasteiger charge is 2.11. The first-order valence-corrected chi connectivity index (χ1v) is 6.08. The lowest BCUT2D eigenvalue weighted by molar-refractivity contribution is 0.0795. The maximum atomic E-state index is 12.1. The van der Waals surface area contributed by atoms with Gasteiger partial charge in [-0.15, -0.1) is 0 Å². The molecule has 3 nitrogen and oxygen atoms in total. The predicted molar refractivity (Wildman–Crippen MR) is 70.8 cm³/mol. The highest BCUT2D eigenvalue weighted by Crippen LogP contribution is 2.11. The third-order valence-electron chi connectivity index (χ3n) is 2.71. The number of halogens is 1. The van der Waals surface area contributed by atoms with Gasteiger partial charge < -0.3 is 9.32 Å². The van der Waals surface area contributed by atoms with Gasteiger partial charge in [0.2, 0.25) is 0 Å². The van der Waals surface area contributed by atoms with Crippen LogP contribution >= 0.6 is 11.6 Å². The van der Waals surface area contributed by atoms with E-state index in [2.05, 4.69) is 0 Å². The Morgan fingerprint density at radius 2 is 2.00 bits per heavy atom. The molecule has 0 bridgehead atoms. The Hall–Kier alpha value is -1.74. The van der Waals surface area contributed by atoms with Gasteiger partial charge in [0.25, 0.3) is 5.91 Å². The van der Waals surface area contributed by atoms with Crippen LogP contribution in [0.3, 0.4) is 0 Å². The normalized spacial score (nSPS) is 10.3. The van der Waals surface area contributed by atoms with Crippen molar-refractivity contribution in [3.63, 3.8) is 0 Å². The van der Waals surface area contributed by atoms with Gasteiger partial charge >= 0.3 is 0 Å². The monoisotopic (exact) mass is 263 g/mol. The van der Waals surface area contributed by atoms with E-state index in [4.69, 9.17) is 16.0 Å². The van der Waals surface area contributed by atoms with E-state index in [-0.39, 0.29) is 5.91 Å². The summed E-state index contributed by atoms with van der Waals surface area (Å²) >= 11 is 5.79. The summed E-state index contributed by atoms with van der Waals surface area (Å²) in [5.74, 6) is 0.865. The van der Waals surface area contributed by atoms with Crippen molar-refractivity contribution in [3.05, 3.63) is 59.0 Å². The zero-order valence-corrected chi connectivity index (χ0v) is 10.9. The lowest BCUT2D eigenvalue weighted by Crippen LogP contribution is -2.28. The van der Waals surface area contributed by atoms with Crippen molar-refractivity contribution in [2.45, 2.75) is 6.42 Å². The summed E-state index contributed by atoms with van der Waals surface area (Å²) in [6.07, 6.45) is 2.35. The van der Waals surface area contributed by atoms with Crippen molar-refractivity contribution in [2.75, 3.05) is 13.6 Å². The quantitative estimate of drug-likeness (QED) is 0.848. The van der Waals surface area contributed by atoms with Crippen LogP contribution in [0.4, 0.5) is 0 Å². The van der Waals surface area contributed by atoms with Crippen LogP contribution in [0.1, 0.15) is 16.1 Å². The molecule has 0 aliphatic carbocycles. The second kappa shape index (κ2) is 5.74. The van der Waals surface area contributed by atoms with Crippen molar-refractivity contribution >= 4 is 17.5 Å². The van der Waals surface area contributed by atoms with Crippen LogP contribution in [-0.4, -0.2) is 24.4 Å². The molecule has 94 valence electrons. The number of rotatable bonds is 4. The molecule has 0 spiro atoms. The molecule has 1 aromatic carbocycles. The molecule has 0 fully saturated rings. The van der Waals surface area contributed by atoms with Gasteiger partial charge in [0.05, 0.1) is 6.26 Å². The van der Waals surface area contributed by atoms with Crippen LogP contribution in [0, 0.1) is 0 Å². The molecule has 0 atom stereocenters. The van der Waals surface area contributed by atoms with E-state index in [1.165, 1.54) is 0 Å². The highest BCUT2D eigenvalue weighted by molar-refractivity contribution is 6.30. The molecule has 18 heavy (non-hydrogen) atoms. The Morgan fingerprint density at radius 1 is 1.28 bits per heavy atom. The van der Waals surface area contributed by atoms with Crippen molar-refractivity contribution in [1.29, 1.82) is 0 Å². The molecule has 0 saturated heterocycles. The van der Waals surface area contributed by atoms with Gasteiger partial charge in [0.15, 0.2) is 0 Å². The minimum absolute atomic E-state index is 0.0155. The summed E-state index contributed by atoms with van der Waals surface area (Å²) in [5, 5.41) is 0.629. The first kappa shape index (κ1) is 12.7. The maximum Gasteiger partial charge on any atom is 0.253 e. The largest absolute Gasteiger partial charge is 0.469 e. The van der Waals surface area contributed by atoms with Crippen LogP contribution in [0.2, 0.25) is 5.02 Å². The lowest BCUT2D eigenvalue weighted by Gasteiger charge is -2.16. The fourth-order valence-electron chi connectivity index (χ4n) is 1.65. The molecular weight excluding hydrogens is 250 g/mol. The zero-order valence-electron chi connectivity index (χ0n) is 10.1. The first-order chi connectivity index (χ1) is 8.66.